The Morgan fingerprint density at radius 2 is 2.40 bits per heavy atom. The maximum atomic E-state index is 13.2. The van der Waals surface area contributed by atoms with Crippen LogP contribution >= 0.6 is 11.6 Å². The van der Waals surface area contributed by atoms with Gasteiger partial charge in [-0.15, -0.1) is 5.10 Å². The van der Waals surface area contributed by atoms with Gasteiger partial charge < -0.3 is 5.32 Å². The lowest BCUT2D eigenvalue weighted by atomic mass is 10.3. The third-order valence-corrected chi connectivity index (χ3v) is 2.12. The van der Waals surface area contributed by atoms with E-state index in [1.807, 2.05) is 0 Å². The minimum Gasteiger partial charge on any atom is -0.373 e. The molecule has 2 aromatic heterocycles. The van der Waals surface area contributed by atoms with Crippen molar-refractivity contribution in [1.82, 2.24) is 14.6 Å². The summed E-state index contributed by atoms with van der Waals surface area (Å²) in [4.78, 5) is 14.4. The van der Waals surface area contributed by atoms with Gasteiger partial charge in [0.05, 0.1) is 0 Å². The molecule has 2 rings (SSSR count). The zero-order valence-corrected chi connectivity index (χ0v) is 8.42. The van der Waals surface area contributed by atoms with Crippen molar-refractivity contribution in [3.8, 4) is 0 Å². The highest BCUT2D eigenvalue weighted by Gasteiger charge is 2.15. The molecule has 0 saturated heterocycles. The van der Waals surface area contributed by atoms with E-state index < -0.39 is 5.95 Å². The Bertz CT molecular complexity index is 539. The minimum atomic E-state index is -0.865. The summed E-state index contributed by atoms with van der Waals surface area (Å²) in [5.41, 5.74) is -0.103. The van der Waals surface area contributed by atoms with E-state index in [1.165, 1.54) is 10.6 Å². The van der Waals surface area contributed by atoms with E-state index in [0.29, 0.717) is 12.1 Å². The second-order valence-corrected chi connectivity index (χ2v) is 3.16. The lowest BCUT2D eigenvalue weighted by molar-refractivity contribution is 0.112. The van der Waals surface area contributed by atoms with Gasteiger partial charge in [0.1, 0.15) is 16.5 Å². The lowest BCUT2D eigenvalue weighted by Gasteiger charge is -2.02. The van der Waals surface area contributed by atoms with Crippen molar-refractivity contribution in [2.75, 3.05) is 12.4 Å². The molecule has 5 nitrogen and oxygen atoms in total. The number of aldehydes is 1. The predicted octanol–water partition coefficient (Wildman–Crippen LogP) is 1.38. The number of hydrogen-bond donors (Lipinski definition) is 1. The van der Waals surface area contributed by atoms with Crippen molar-refractivity contribution in [3.63, 3.8) is 0 Å². The Hall–Kier alpha value is -1.69. The van der Waals surface area contributed by atoms with Crippen LogP contribution in [0.15, 0.2) is 6.07 Å². The van der Waals surface area contributed by atoms with E-state index >= 15 is 0 Å². The molecule has 0 atom stereocenters. The first-order chi connectivity index (χ1) is 7.17. The quantitative estimate of drug-likeness (QED) is 0.623. The topological polar surface area (TPSA) is 59.3 Å². The van der Waals surface area contributed by atoms with Crippen LogP contribution < -0.4 is 5.32 Å². The van der Waals surface area contributed by atoms with Crippen LogP contribution in [0.5, 0.6) is 0 Å². The number of aromatic nitrogens is 3. The van der Waals surface area contributed by atoms with E-state index in [2.05, 4.69) is 15.4 Å². The molecule has 0 aliphatic rings. The van der Waals surface area contributed by atoms with E-state index in [1.54, 1.807) is 7.05 Å². The zero-order valence-electron chi connectivity index (χ0n) is 7.66. The molecule has 0 unspecified atom stereocenters. The average Bonchev–Trinajstić information content (AvgIpc) is 2.52. The maximum Gasteiger partial charge on any atom is 0.246 e. The summed E-state index contributed by atoms with van der Waals surface area (Å²) >= 11 is 5.71. The molecular weight excluding hydrogens is 223 g/mol. The van der Waals surface area contributed by atoms with Crippen LogP contribution in [0, 0.1) is 5.95 Å². The Balaban J connectivity index is 2.89. The number of rotatable bonds is 2. The number of nitrogens with zero attached hydrogens (tertiary/aromatic N) is 3. The van der Waals surface area contributed by atoms with Crippen molar-refractivity contribution in [1.29, 1.82) is 0 Å². The molecule has 0 spiro atoms. The molecule has 0 radical (unpaired) electrons. The summed E-state index contributed by atoms with van der Waals surface area (Å²) in [6.45, 7) is 0. The van der Waals surface area contributed by atoms with Gasteiger partial charge in [-0.3, -0.25) is 4.79 Å². The number of anilines is 1. The van der Waals surface area contributed by atoms with Gasteiger partial charge in [-0.1, -0.05) is 11.6 Å². The molecule has 2 aromatic rings. The normalized spacial score (nSPS) is 10.6. The van der Waals surface area contributed by atoms with Gasteiger partial charge in [-0.2, -0.15) is 8.91 Å². The number of hydrogen-bond acceptors (Lipinski definition) is 4. The van der Waals surface area contributed by atoms with Crippen LogP contribution in [0.1, 0.15) is 10.4 Å². The van der Waals surface area contributed by atoms with Crippen LogP contribution in [0.3, 0.4) is 0 Å². The monoisotopic (exact) mass is 228 g/mol. The van der Waals surface area contributed by atoms with Gasteiger partial charge in [-0.05, 0) is 0 Å². The van der Waals surface area contributed by atoms with Crippen LogP contribution in [0.4, 0.5) is 10.2 Å². The summed E-state index contributed by atoms with van der Waals surface area (Å²) < 4.78 is 14.4. The van der Waals surface area contributed by atoms with Crippen molar-refractivity contribution < 1.29 is 9.18 Å². The van der Waals surface area contributed by atoms with E-state index in [9.17, 15) is 9.18 Å². The maximum absolute atomic E-state index is 13.2. The molecule has 0 saturated carbocycles. The molecule has 0 fully saturated rings. The molecule has 0 amide bonds. The predicted molar refractivity (Wildman–Crippen MR) is 52.9 cm³/mol. The first-order valence-corrected chi connectivity index (χ1v) is 4.43. The fraction of sp³-hybridized carbons (Fsp3) is 0.125. The van der Waals surface area contributed by atoms with Crippen molar-refractivity contribution in [3.05, 3.63) is 22.7 Å². The molecule has 15 heavy (non-hydrogen) atoms. The molecule has 7 heteroatoms. The van der Waals surface area contributed by atoms with Crippen molar-refractivity contribution in [2.24, 2.45) is 0 Å². The smallest absolute Gasteiger partial charge is 0.246 e. The van der Waals surface area contributed by atoms with Crippen LogP contribution in [-0.4, -0.2) is 27.9 Å². The molecule has 0 aliphatic heterocycles. The first kappa shape index (κ1) is 9.85. The highest BCUT2D eigenvalue weighted by atomic mass is 35.5. The van der Waals surface area contributed by atoms with E-state index in [0.717, 1.165) is 0 Å². The second kappa shape index (κ2) is 3.47. The number of halogens is 2. The molecule has 0 bridgehead atoms. The molecule has 2 heterocycles. The van der Waals surface area contributed by atoms with Crippen molar-refractivity contribution >= 4 is 29.4 Å². The fourth-order valence-electron chi connectivity index (χ4n) is 1.26. The van der Waals surface area contributed by atoms with Gasteiger partial charge in [0.25, 0.3) is 0 Å². The fourth-order valence-corrected chi connectivity index (χ4v) is 1.44. The van der Waals surface area contributed by atoms with Gasteiger partial charge in [-0.25, -0.2) is 4.98 Å². The molecule has 0 aliphatic carbocycles. The highest BCUT2D eigenvalue weighted by Crippen LogP contribution is 2.19. The van der Waals surface area contributed by atoms with Gasteiger partial charge >= 0.3 is 0 Å². The second-order valence-electron chi connectivity index (χ2n) is 2.77. The van der Waals surface area contributed by atoms with Crippen LogP contribution in [0.25, 0.3) is 5.65 Å². The van der Waals surface area contributed by atoms with Crippen molar-refractivity contribution in [2.45, 2.75) is 0 Å². The Labute approximate surface area is 88.9 Å². The Morgan fingerprint density at radius 1 is 1.67 bits per heavy atom. The number of nitrogens with one attached hydrogen (secondary N) is 1. The minimum absolute atomic E-state index is 0.0966. The largest absolute Gasteiger partial charge is 0.373 e. The average molecular weight is 229 g/mol. The van der Waals surface area contributed by atoms with Crippen LogP contribution in [-0.2, 0) is 0 Å². The Morgan fingerprint density at radius 3 is 3.00 bits per heavy atom. The number of carbonyl (C=O) groups excluding carboxylic acids is 1. The van der Waals surface area contributed by atoms with Crippen LogP contribution in [0.2, 0.25) is 5.15 Å². The summed E-state index contributed by atoms with van der Waals surface area (Å²) in [7, 11) is 1.63. The molecule has 78 valence electrons. The third-order valence-electron chi connectivity index (χ3n) is 1.92. The summed E-state index contributed by atoms with van der Waals surface area (Å²) in [5.74, 6) is -0.409. The zero-order chi connectivity index (χ0) is 11.0. The molecular formula is C8H6ClFN4O. The van der Waals surface area contributed by atoms with E-state index in [-0.39, 0.29) is 16.4 Å². The van der Waals surface area contributed by atoms with Gasteiger partial charge in [0, 0.05) is 13.1 Å². The number of carbonyl (C=O) groups is 1. The molecule has 0 aromatic carbocycles. The molecule has 1 N–H and O–H groups in total. The SMILES string of the molecule is CNc1cc(Cl)nc2c(C=O)c(F)nn12. The highest BCUT2D eigenvalue weighted by molar-refractivity contribution is 6.29. The number of fused-ring (bicyclic) bond motifs is 1. The van der Waals surface area contributed by atoms with Gasteiger partial charge in [0.15, 0.2) is 11.9 Å². The van der Waals surface area contributed by atoms with Gasteiger partial charge in [0.2, 0.25) is 5.95 Å². The lowest BCUT2D eigenvalue weighted by Crippen LogP contribution is -2.01. The Kier molecular flexibility index (Phi) is 2.28. The third kappa shape index (κ3) is 1.42. The first-order valence-electron chi connectivity index (χ1n) is 4.05. The van der Waals surface area contributed by atoms with E-state index in [4.69, 9.17) is 11.6 Å². The summed E-state index contributed by atoms with van der Waals surface area (Å²) in [6.07, 6.45) is 0.362. The standard InChI is InChI=1S/C8H6ClFN4O/c1-11-6-2-5(9)12-8-4(3-15)7(10)13-14(6)8/h2-3,11H,1H3. The summed E-state index contributed by atoms with van der Waals surface area (Å²) in [6, 6.07) is 1.48. The summed E-state index contributed by atoms with van der Waals surface area (Å²) in [5, 5.41) is 6.46.